The number of nitrogens with zero attached hydrogens (tertiary/aromatic N) is 3. The summed E-state index contributed by atoms with van der Waals surface area (Å²) < 4.78 is 2.00. The quantitative estimate of drug-likeness (QED) is 0.815. The van der Waals surface area contributed by atoms with Crippen molar-refractivity contribution in [3.05, 3.63) is 11.6 Å². The van der Waals surface area contributed by atoms with E-state index in [-0.39, 0.29) is 6.42 Å². The molecule has 82 valence electrons. The zero-order valence-corrected chi connectivity index (χ0v) is 8.81. The molecule has 0 atom stereocenters. The lowest BCUT2D eigenvalue weighted by Gasteiger charge is -2.14. The van der Waals surface area contributed by atoms with Gasteiger partial charge in [0, 0.05) is 6.04 Å². The maximum absolute atomic E-state index is 10.7. The number of hydrogen-bond acceptors (Lipinski definition) is 3. The van der Waals surface area contributed by atoms with Gasteiger partial charge in [-0.15, -0.1) is 10.2 Å². The molecule has 15 heavy (non-hydrogen) atoms. The van der Waals surface area contributed by atoms with E-state index in [4.69, 9.17) is 5.11 Å². The SMILES string of the molecule is Cc1nnc(CC(=O)O)n1C1CCCC1. The first kappa shape index (κ1) is 10.1. The summed E-state index contributed by atoms with van der Waals surface area (Å²) in [7, 11) is 0. The third-order valence-electron chi connectivity index (χ3n) is 2.94. The minimum absolute atomic E-state index is 0.0304. The van der Waals surface area contributed by atoms with Gasteiger partial charge < -0.3 is 9.67 Å². The van der Waals surface area contributed by atoms with E-state index in [0.717, 1.165) is 18.7 Å². The van der Waals surface area contributed by atoms with Crippen LogP contribution in [0.25, 0.3) is 0 Å². The first-order valence-corrected chi connectivity index (χ1v) is 5.30. The van der Waals surface area contributed by atoms with Crippen molar-refractivity contribution in [2.75, 3.05) is 0 Å². The fourth-order valence-corrected chi connectivity index (χ4v) is 2.31. The largest absolute Gasteiger partial charge is 0.481 e. The van der Waals surface area contributed by atoms with Gasteiger partial charge in [0.25, 0.3) is 0 Å². The van der Waals surface area contributed by atoms with Crippen molar-refractivity contribution in [3.63, 3.8) is 0 Å². The van der Waals surface area contributed by atoms with Crippen LogP contribution in [-0.4, -0.2) is 25.8 Å². The fraction of sp³-hybridized carbons (Fsp3) is 0.700. The maximum Gasteiger partial charge on any atom is 0.311 e. The monoisotopic (exact) mass is 209 g/mol. The van der Waals surface area contributed by atoms with Crippen molar-refractivity contribution >= 4 is 5.97 Å². The lowest BCUT2D eigenvalue weighted by Crippen LogP contribution is -2.14. The zero-order chi connectivity index (χ0) is 10.8. The molecule has 1 aromatic heterocycles. The Bertz CT molecular complexity index is 367. The number of hydrogen-bond donors (Lipinski definition) is 1. The average Bonchev–Trinajstić information content (AvgIpc) is 2.74. The van der Waals surface area contributed by atoms with E-state index in [0.29, 0.717) is 11.9 Å². The number of rotatable bonds is 3. The summed E-state index contributed by atoms with van der Waals surface area (Å²) in [5.74, 6) is 0.576. The fourth-order valence-electron chi connectivity index (χ4n) is 2.31. The first-order valence-electron chi connectivity index (χ1n) is 5.30. The third-order valence-corrected chi connectivity index (χ3v) is 2.94. The highest BCUT2D eigenvalue weighted by atomic mass is 16.4. The van der Waals surface area contributed by atoms with Crippen LogP contribution < -0.4 is 0 Å². The van der Waals surface area contributed by atoms with E-state index < -0.39 is 5.97 Å². The van der Waals surface area contributed by atoms with Gasteiger partial charge in [0.2, 0.25) is 0 Å². The van der Waals surface area contributed by atoms with E-state index in [2.05, 4.69) is 10.2 Å². The Hall–Kier alpha value is -1.39. The van der Waals surface area contributed by atoms with E-state index in [1.165, 1.54) is 12.8 Å². The summed E-state index contributed by atoms with van der Waals surface area (Å²) in [6.45, 7) is 1.89. The molecule has 0 bridgehead atoms. The van der Waals surface area contributed by atoms with Crippen LogP contribution >= 0.6 is 0 Å². The van der Waals surface area contributed by atoms with Gasteiger partial charge in [-0.2, -0.15) is 0 Å². The first-order chi connectivity index (χ1) is 7.18. The highest BCUT2D eigenvalue weighted by Crippen LogP contribution is 2.31. The van der Waals surface area contributed by atoms with Crippen LogP contribution in [0.4, 0.5) is 0 Å². The lowest BCUT2D eigenvalue weighted by molar-refractivity contribution is -0.136. The normalized spacial score (nSPS) is 17.1. The standard InChI is InChI=1S/C10H15N3O2/c1-7-11-12-9(6-10(14)15)13(7)8-4-2-3-5-8/h8H,2-6H2,1H3,(H,14,15). The second kappa shape index (κ2) is 4.00. The molecule has 0 aliphatic heterocycles. The van der Waals surface area contributed by atoms with Gasteiger partial charge in [-0.1, -0.05) is 12.8 Å². The van der Waals surface area contributed by atoms with Gasteiger partial charge in [-0.05, 0) is 19.8 Å². The molecule has 0 amide bonds. The molecule has 0 saturated heterocycles. The molecule has 1 aliphatic rings. The summed E-state index contributed by atoms with van der Waals surface area (Å²) in [4.78, 5) is 10.7. The van der Waals surface area contributed by atoms with E-state index in [1.807, 2.05) is 11.5 Å². The van der Waals surface area contributed by atoms with Crippen LogP contribution in [0, 0.1) is 6.92 Å². The molecule has 1 aliphatic carbocycles. The van der Waals surface area contributed by atoms with Crippen molar-refractivity contribution in [1.29, 1.82) is 0 Å². The smallest absolute Gasteiger partial charge is 0.311 e. The minimum atomic E-state index is -0.846. The average molecular weight is 209 g/mol. The molecule has 0 radical (unpaired) electrons. The molecule has 1 heterocycles. The third kappa shape index (κ3) is 2.00. The van der Waals surface area contributed by atoms with Crippen molar-refractivity contribution in [2.45, 2.75) is 45.1 Å². The lowest BCUT2D eigenvalue weighted by atomic mass is 10.2. The van der Waals surface area contributed by atoms with Crippen LogP contribution in [0.15, 0.2) is 0 Å². The van der Waals surface area contributed by atoms with Gasteiger partial charge >= 0.3 is 5.97 Å². The number of aromatic nitrogens is 3. The van der Waals surface area contributed by atoms with Gasteiger partial charge in [0.15, 0.2) is 0 Å². The van der Waals surface area contributed by atoms with Crippen molar-refractivity contribution in [3.8, 4) is 0 Å². The molecule has 0 aromatic carbocycles. The molecule has 1 fully saturated rings. The highest BCUT2D eigenvalue weighted by molar-refractivity contribution is 5.69. The predicted octanol–water partition coefficient (Wildman–Crippen LogP) is 1.33. The predicted molar refractivity (Wildman–Crippen MR) is 53.6 cm³/mol. The number of carbonyl (C=O) groups is 1. The summed E-state index contributed by atoms with van der Waals surface area (Å²) in [6.07, 6.45) is 4.64. The van der Waals surface area contributed by atoms with E-state index in [1.54, 1.807) is 0 Å². The molecule has 2 rings (SSSR count). The van der Waals surface area contributed by atoms with Gasteiger partial charge in [0.1, 0.15) is 18.1 Å². The van der Waals surface area contributed by atoms with Crippen LogP contribution in [0.3, 0.4) is 0 Å². The maximum atomic E-state index is 10.7. The van der Waals surface area contributed by atoms with Crippen LogP contribution in [0.1, 0.15) is 43.4 Å². The summed E-state index contributed by atoms with van der Waals surface area (Å²) in [5, 5.41) is 16.7. The second-order valence-corrected chi connectivity index (χ2v) is 4.04. The molecule has 0 spiro atoms. The Kier molecular flexibility index (Phi) is 2.70. The van der Waals surface area contributed by atoms with Crippen molar-refractivity contribution in [1.82, 2.24) is 14.8 Å². The zero-order valence-electron chi connectivity index (χ0n) is 8.81. The Morgan fingerprint density at radius 2 is 2.13 bits per heavy atom. The molecule has 5 heteroatoms. The molecule has 1 saturated carbocycles. The Morgan fingerprint density at radius 1 is 1.47 bits per heavy atom. The van der Waals surface area contributed by atoms with E-state index in [9.17, 15) is 4.79 Å². The van der Waals surface area contributed by atoms with Crippen LogP contribution in [0.5, 0.6) is 0 Å². The molecular formula is C10H15N3O2. The van der Waals surface area contributed by atoms with E-state index >= 15 is 0 Å². The Morgan fingerprint density at radius 3 is 2.73 bits per heavy atom. The molecular weight excluding hydrogens is 194 g/mol. The topological polar surface area (TPSA) is 68.0 Å². The number of aliphatic carboxylic acids is 1. The Labute approximate surface area is 88.1 Å². The second-order valence-electron chi connectivity index (χ2n) is 4.04. The minimum Gasteiger partial charge on any atom is -0.481 e. The summed E-state index contributed by atoms with van der Waals surface area (Å²) >= 11 is 0. The Balaban J connectivity index is 2.26. The molecule has 5 nitrogen and oxygen atoms in total. The molecule has 1 aromatic rings. The van der Waals surface area contributed by atoms with Gasteiger partial charge in [0.05, 0.1) is 0 Å². The summed E-state index contributed by atoms with van der Waals surface area (Å²) in [6, 6.07) is 0.411. The molecule has 1 N–H and O–H groups in total. The number of carboxylic acid groups (broad SMARTS) is 1. The summed E-state index contributed by atoms with van der Waals surface area (Å²) in [5.41, 5.74) is 0. The number of aryl methyl sites for hydroxylation is 1. The van der Waals surface area contributed by atoms with Gasteiger partial charge in [-0.3, -0.25) is 4.79 Å². The molecule has 0 unspecified atom stereocenters. The number of carboxylic acids is 1. The van der Waals surface area contributed by atoms with Crippen molar-refractivity contribution < 1.29 is 9.90 Å². The van der Waals surface area contributed by atoms with Crippen LogP contribution in [-0.2, 0) is 11.2 Å². The van der Waals surface area contributed by atoms with Gasteiger partial charge in [-0.25, -0.2) is 0 Å². The van der Waals surface area contributed by atoms with Crippen LogP contribution in [0.2, 0.25) is 0 Å². The highest BCUT2D eigenvalue weighted by Gasteiger charge is 2.22. The van der Waals surface area contributed by atoms with Crippen molar-refractivity contribution in [2.24, 2.45) is 0 Å².